The Balaban J connectivity index is 1.84. The maximum Gasteiger partial charge on any atom is 0.410 e. The molecule has 6 nitrogen and oxygen atoms in total. The standard InChI is InChI=1S/C13H24N4O2/c1-13(2,3)19-12(18)17-8-4-5-10(17)9-16-11-14-6-7-15-11/h10H,4-9H2,1-3H3,(H2,14,15,16)/t10-/m1/s1. The van der Waals surface area contributed by atoms with Crippen LogP contribution in [0.15, 0.2) is 4.99 Å². The minimum Gasteiger partial charge on any atom is -0.444 e. The van der Waals surface area contributed by atoms with E-state index in [9.17, 15) is 4.79 Å². The van der Waals surface area contributed by atoms with Crippen molar-refractivity contribution in [3.8, 4) is 0 Å². The van der Waals surface area contributed by atoms with Gasteiger partial charge in [0.05, 0.1) is 12.6 Å². The van der Waals surface area contributed by atoms with Gasteiger partial charge in [-0.05, 0) is 33.6 Å². The van der Waals surface area contributed by atoms with Crippen molar-refractivity contribution < 1.29 is 9.53 Å². The molecule has 1 atom stereocenters. The maximum atomic E-state index is 12.1. The molecule has 0 aromatic rings. The number of nitrogens with one attached hydrogen (secondary N) is 2. The number of ether oxygens (including phenoxy) is 1. The predicted molar refractivity (Wildman–Crippen MR) is 74.3 cm³/mol. The van der Waals surface area contributed by atoms with Crippen molar-refractivity contribution in [2.75, 3.05) is 26.2 Å². The lowest BCUT2D eigenvalue weighted by molar-refractivity contribution is 0.0229. The first-order valence-corrected chi connectivity index (χ1v) is 6.97. The lowest BCUT2D eigenvalue weighted by Crippen LogP contribution is -2.46. The topological polar surface area (TPSA) is 66.0 Å². The molecule has 19 heavy (non-hydrogen) atoms. The summed E-state index contributed by atoms with van der Waals surface area (Å²) in [6, 6.07) is 0.194. The van der Waals surface area contributed by atoms with Crippen LogP contribution in [-0.4, -0.2) is 54.8 Å². The molecule has 2 aliphatic heterocycles. The summed E-state index contributed by atoms with van der Waals surface area (Å²) in [6.45, 7) is 8.90. The van der Waals surface area contributed by atoms with E-state index in [1.54, 1.807) is 0 Å². The first kappa shape index (κ1) is 14.0. The molecule has 1 saturated heterocycles. The normalized spacial score (nSPS) is 23.0. The number of carbonyl (C=O) groups is 1. The van der Waals surface area contributed by atoms with Gasteiger partial charge in [-0.25, -0.2) is 4.79 Å². The van der Waals surface area contributed by atoms with Crippen molar-refractivity contribution >= 4 is 12.1 Å². The largest absolute Gasteiger partial charge is 0.444 e. The zero-order valence-corrected chi connectivity index (χ0v) is 12.0. The van der Waals surface area contributed by atoms with E-state index >= 15 is 0 Å². The smallest absolute Gasteiger partial charge is 0.410 e. The van der Waals surface area contributed by atoms with Gasteiger partial charge < -0.3 is 20.3 Å². The van der Waals surface area contributed by atoms with Crippen molar-refractivity contribution in [2.24, 2.45) is 4.99 Å². The predicted octanol–water partition coefficient (Wildman–Crippen LogP) is 0.935. The highest BCUT2D eigenvalue weighted by Gasteiger charge is 2.32. The molecular weight excluding hydrogens is 244 g/mol. The number of amides is 1. The van der Waals surface area contributed by atoms with Crippen LogP contribution >= 0.6 is 0 Å². The van der Waals surface area contributed by atoms with Gasteiger partial charge in [-0.2, -0.15) is 0 Å². The van der Waals surface area contributed by atoms with Crippen LogP contribution < -0.4 is 10.6 Å². The molecule has 0 aromatic carbocycles. The summed E-state index contributed by atoms with van der Waals surface area (Å²) in [4.78, 5) is 18.2. The molecule has 0 aliphatic carbocycles. The molecule has 2 aliphatic rings. The molecule has 1 amide bonds. The Labute approximate surface area is 114 Å². The van der Waals surface area contributed by atoms with Gasteiger partial charge in [0.2, 0.25) is 0 Å². The first-order valence-electron chi connectivity index (χ1n) is 6.97. The average Bonchev–Trinajstić information content (AvgIpc) is 2.95. The molecular formula is C13H24N4O2. The van der Waals surface area contributed by atoms with Gasteiger partial charge in [-0.3, -0.25) is 4.99 Å². The minimum absolute atomic E-state index is 0.194. The summed E-state index contributed by atoms with van der Waals surface area (Å²) in [5.41, 5.74) is -0.436. The Bertz CT molecular complexity index is 362. The number of nitrogens with zero attached hydrogens (tertiary/aromatic N) is 2. The lowest BCUT2D eigenvalue weighted by Gasteiger charge is -2.28. The van der Waals surface area contributed by atoms with Crippen LogP contribution in [0.5, 0.6) is 0 Å². The molecule has 0 aromatic heterocycles. The fourth-order valence-electron chi connectivity index (χ4n) is 2.34. The summed E-state index contributed by atoms with van der Waals surface area (Å²) in [5, 5.41) is 6.43. The molecule has 2 heterocycles. The number of rotatable bonds is 2. The molecule has 2 N–H and O–H groups in total. The zero-order chi connectivity index (χ0) is 13.9. The highest BCUT2D eigenvalue weighted by atomic mass is 16.6. The average molecular weight is 268 g/mol. The molecule has 0 radical (unpaired) electrons. The molecule has 1 fully saturated rings. The lowest BCUT2D eigenvalue weighted by atomic mass is 10.2. The van der Waals surface area contributed by atoms with Crippen LogP contribution in [0.4, 0.5) is 4.79 Å². The molecule has 0 saturated carbocycles. The second-order valence-corrected chi connectivity index (χ2v) is 6.01. The van der Waals surface area contributed by atoms with E-state index < -0.39 is 5.60 Å². The SMILES string of the molecule is CC(C)(C)OC(=O)N1CCC[C@@H]1CNC1=NCCN1. The van der Waals surface area contributed by atoms with E-state index in [1.165, 1.54) is 0 Å². The van der Waals surface area contributed by atoms with E-state index in [0.717, 1.165) is 45.0 Å². The maximum absolute atomic E-state index is 12.1. The highest BCUT2D eigenvalue weighted by molar-refractivity contribution is 5.81. The van der Waals surface area contributed by atoms with Gasteiger partial charge >= 0.3 is 6.09 Å². The number of hydrogen-bond donors (Lipinski definition) is 2. The second kappa shape index (κ2) is 5.67. The van der Waals surface area contributed by atoms with Gasteiger partial charge in [0.15, 0.2) is 5.96 Å². The van der Waals surface area contributed by atoms with E-state index in [4.69, 9.17) is 4.74 Å². The molecule has 6 heteroatoms. The molecule has 0 bridgehead atoms. The zero-order valence-electron chi connectivity index (χ0n) is 12.0. The Morgan fingerprint density at radius 2 is 2.37 bits per heavy atom. The fraction of sp³-hybridized carbons (Fsp3) is 0.846. The van der Waals surface area contributed by atoms with Crippen molar-refractivity contribution in [1.29, 1.82) is 0 Å². The Morgan fingerprint density at radius 1 is 1.58 bits per heavy atom. The Morgan fingerprint density at radius 3 is 3.00 bits per heavy atom. The third-order valence-electron chi connectivity index (χ3n) is 3.18. The third-order valence-corrected chi connectivity index (χ3v) is 3.18. The fourth-order valence-corrected chi connectivity index (χ4v) is 2.34. The summed E-state index contributed by atoms with van der Waals surface area (Å²) in [7, 11) is 0. The highest BCUT2D eigenvalue weighted by Crippen LogP contribution is 2.20. The van der Waals surface area contributed by atoms with E-state index in [0.29, 0.717) is 0 Å². The summed E-state index contributed by atoms with van der Waals surface area (Å²) in [5.74, 6) is 0.844. The first-order chi connectivity index (χ1) is 8.96. The molecule has 0 spiro atoms. The summed E-state index contributed by atoms with van der Waals surface area (Å²) < 4.78 is 5.44. The summed E-state index contributed by atoms with van der Waals surface area (Å²) >= 11 is 0. The van der Waals surface area contributed by atoms with Crippen molar-refractivity contribution in [1.82, 2.24) is 15.5 Å². The Kier molecular flexibility index (Phi) is 4.17. The third kappa shape index (κ3) is 4.01. The molecule has 0 unspecified atom stereocenters. The van der Waals surface area contributed by atoms with Crippen LogP contribution in [0.1, 0.15) is 33.6 Å². The van der Waals surface area contributed by atoms with Crippen LogP contribution in [0, 0.1) is 0 Å². The number of guanidine groups is 1. The van der Waals surface area contributed by atoms with Gasteiger partial charge in [-0.1, -0.05) is 0 Å². The molecule has 2 rings (SSSR count). The van der Waals surface area contributed by atoms with Crippen LogP contribution in [0.2, 0.25) is 0 Å². The van der Waals surface area contributed by atoms with Crippen molar-refractivity contribution in [3.05, 3.63) is 0 Å². The van der Waals surface area contributed by atoms with Crippen molar-refractivity contribution in [2.45, 2.75) is 45.3 Å². The van der Waals surface area contributed by atoms with E-state index in [-0.39, 0.29) is 12.1 Å². The van der Waals surface area contributed by atoms with Gasteiger partial charge in [0, 0.05) is 19.6 Å². The Hall–Kier alpha value is -1.46. The summed E-state index contributed by atoms with van der Waals surface area (Å²) in [6.07, 6.45) is 1.84. The number of aliphatic imine (C=N–C) groups is 1. The monoisotopic (exact) mass is 268 g/mol. The van der Waals surface area contributed by atoms with Crippen molar-refractivity contribution in [3.63, 3.8) is 0 Å². The van der Waals surface area contributed by atoms with Crippen LogP contribution in [0.3, 0.4) is 0 Å². The van der Waals surface area contributed by atoms with Gasteiger partial charge in [0.1, 0.15) is 5.60 Å². The van der Waals surface area contributed by atoms with Gasteiger partial charge in [0.25, 0.3) is 0 Å². The number of likely N-dealkylation sites (tertiary alicyclic amines) is 1. The van der Waals surface area contributed by atoms with E-state index in [2.05, 4.69) is 15.6 Å². The van der Waals surface area contributed by atoms with Crippen LogP contribution in [0.25, 0.3) is 0 Å². The quantitative estimate of drug-likeness (QED) is 0.782. The van der Waals surface area contributed by atoms with E-state index in [1.807, 2.05) is 25.7 Å². The number of carbonyl (C=O) groups excluding carboxylic acids is 1. The second-order valence-electron chi connectivity index (χ2n) is 6.01. The molecule has 108 valence electrons. The number of hydrogen-bond acceptors (Lipinski definition) is 5. The van der Waals surface area contributed by atoms with Gasteiger partial charge in [-0.15, -0.1) is 0 Å². The van der Waals surface area contributed by atoms with Crippen LogP contribution in [-0.2, 0) is 4.74 Å². The minimum atomic E-state index is -0.436.